The van der Waals surface area contributed by atoms with Gasteiger partial charge in [-0.3, -0.25) is 0 Å². The first-order valence-electron chi connectivity index (χ1n) is 6.47. The van der Waals surface area contributed by atoms with E-state index in [9.17, 15) is 0 Å². The van der Waals surface area contributed by atoms with Crippen molar-refractivity contribution in [1.29, 1.82) is 0 Å². The van der Waals surface area contributed by atoms with Gasteiger partial charge < -0.3 is 14.2 Å². The minimum absolute atomic E-state index is 0.0670. The largest absolute Gasteiger partial charge is 0.382 e. The van der Waals surface area contributed by atoms with Gasteiger partial charge in [0, 0.05) is 12.5 Å². The normalized spacial score (nSPS) is 13.1. The molecule has 0 bridgehead atoms. The summed E-state index contributed by atoms with van der Waals surface area (Å²) >= 11 is 0. The van der Waals surface area contributed by atoms with Crippen LogP contribution < -0.4 is 0 Å². The molecule has 17 heavy (non-hydrogen) atoms. The van der Waals surface area contributed by atoms with E-state index in [0.29, 0.717) is 19.8 Å². The van der Waals surface area contributed by atoms with Crippen molar-refractivity contribution < 1.29 is 14.2 Å². The lowest BCUT2D eigenvalue weighted by Crippen LogP contribution is -2.29. The third-order valence-electron chi connectivity index (χ3n) is 2.87. The molecule has 0 aromatic heterocycles. The number of hydrogen-bond donors (Lipinski definition) is 0. The second-order valence-corrected chi connectivity index (χ2v) is 6.22. The van der Waals surface area contributed by atoms with Gasteiger partial charge in [0.1, 0.15) is 0 Å². The van der Waals surface area contributed by atoms with Gasteiger partial charge in [-0.25, -0.2) is 0 Å². The van der Waals surface area contributed by atoms with E-state index in [0.717, 1.165) is 19.6 Å². The SMILES string of the molecule is CCC(C)(C)COCC(C)(C)COCCOC. The molecular weight excluding hydrogens is 216 g/mol. The van der Waals surface area contributed by atoms with Crippen LogP contribution in [-0.2, 0) is 14.2 Å². The van der Waals surface area contributed by atoms with Crippen molar-refractivity contribution in [2.45, 2.75) is 41.0 Å². The molecule has 0 fully saturated rings. The quantitative estimate of drug-likeness (QED) is 0.554. The average molecular weight is 246 g/mol. The van der Waals surface area contributed by atoms with Crippen LogP contribution in [-0.4, -0.2) is 40.1 Å². The fraction of sp³-hybridized carbons (Fsp3) is 1.00. The molecule has 3 nitrogen and oxygen atoms in total. The van der Waals surface area contributed by atoms with Crippen molar-refractivity contribution in [3.05, 3.63) is 0 Å². The highest BCUT2D eigenvalue weighted by molar-refractivity contribution is 4.69. The van der Waals surface area contributed by atoms with E-state index in [1.165, 1.54) is 0 Å². The van der Waals surface area contributed by atoms with Crippen LogP contribution in [0.15, 0.2) is 0 Å². The molecule has 0 aliphatic rings. The predicted molar refractivity (Wildman–Crippen MR) is 71.4 cm³/mol. The summed E-state index contributed by atoms with van der Waals surface area (Å²) in [5.41, 5.74) is 0.338. The van der Waals surface area contributed by atoms with Gasteiger partial charge in [-0.05, 0) is 11.8 Å². The van der Waals surface area contributed by atoms with Crippen LogP contribution >= 0.6 is 0 Å². The van der Waals surface area contributed by atoms with Crippen LogP contribution in [0.4, 0.5) is 0 Å². The molecule has 0 spiro atoms. The van der Waals surface area contributed by atoms with Gasteiger partial charge in [0.15, 0.2) is 0 Å². The predicted octanol–water partition coefficient (Wildman–Crippen LogP) is 3.13. The second-order valence-electron chi connectivity index (χ2n) is 6.22. The summed E-state index contributed by atoms with van der Waals surface area (Å²) < 4.78 is 16.3. The molecule has 0 aliphatic carbocycles. The number of hydrogen-bond acceptors (Lipinski definition) is 3. The van der Waals surface area contributed by atoms with Gasteiger partial charge in [-0.1, -0.05) is 34.6 Å². The van der Waals surface area contributed by atoms with E-state index < -0.39 is 0 Å². The average Bonchev–Trinajstić information content (AvgIpc) is 2.24. The summed E-state index contributed by atoms with van der Waals surface area (Å²) in [6.45, 7) is 14.6. The smallest absolute Gasteiger partial charge is 0.0700 e. The lowest BCUT2D eigenvalue weighted by Gasteiger charge is -2.28. The lowest BCUT2D eigenvalue weighted by molar-refractivity contribution is -0.0335. The van der Waals surface area contributed by atoms with E-state index in [1.807, 2.05) is 0 Å². The zero-order valence-corrected chi connectivity index (χ0v) is 12.5. The van der Waals surface area contributed by atoms with E-state index in [1.54, 1.807) is 7.11 Å². The Labute approximate surface area is 107 Å². The van der Waals surface area contributed by atoms with Crippen molar-refractivity contribution in [3.63, 3.8) is 0 Å². The number of rotatable bonds is 10. The Hall–Kier alpha value is -0.120. The third kappa shape index (κ3) is 9.57. The maximum atomic E-state index is 5.80. The summed E-state index contributed by atoms with van der Waals surface area (Å²) in [5.74, 6) is 0. The fourth-order valence-electron chi connectivity index (χ4n) is 1.24. The highest BCUT2D eigenvalue weighted by Gasteiger charge is 2.21. The molecular formula is C14H30O3. The van der Waals surface area contributed by atoms with Crippen LogP contribution in [0.25, 0.3) is 0 Å². The Morgan fingerprint density at radius 2 is 1.29 bits per heavy atom. The van der Waals surface area contributed by atoms with Crippen molar-refractivity contribution in [1.82, 2.24) is 0 Å². The highest BCUT2D eigenvalue weighted by Crippen LogP contribution is 2.22. The van der Waals surface area contributed by atoms with E-state index in [4.69, 9.17) is 14.2 Å². The van der Waals surface area contributed by atoms with E-state index in [-0.39, 0.29) is 10.8 Å². The second kappa shape index (κ2) is 8.06. The molecule has 0 rings (SSSR count). The summed E-state index contributed by atoms with van der Waals surface area (Å²) in [6.07, 6.45) is 1.14. The van der Waals surface area contributed by atoms with E-state index in [2.05, 4.69) is 34.6 Å². The molecule has 0 amide bonds. The molecule has 3 heteroatoms. The van der Waals surface area contributed by atoms with E-state index >= 15 is 0 Å². The molecule has 0 saturated carbocycles. The maximum Gasteiger partial charge on any atom is 0.0700 e. The Kier molecular flexibility index (Phi) is 8.01. The highest BCUT2D eigenvalue weighted by atomic mass is 16.5. The molecule has 0 unspecified atom stereocenters. The van der Waals surface area contributed by atoms with Gasteiger partial charge in [0.05, 0.1) is 33.0 Å². The third-order valence-corrected chi connectivity index (χ3v) is 2.87. The van der Waals surface area contributed by atoms with Gasteiger partial charge in [-0.15, -0.1) is 0 Å². The lowest BCUT2D eigenvalue weighted by atomic mass is 9.91. The molecule has 0 heterocycles. The van der Waals surface area contributed by atoms with Gasteiger partial charge in [-0.2, -0.15) is 0 Å². The Morgan fingerprint density at radius 3 is 1.82 bits per heavy atom. The van der Waals surface area contributed by atoms with Crippen LogP contribution in [0.3, 0.4) is 0 Å². The minimum atomic E-state index is 0.0670. The summed E-state index contributed by atoms with van der Waals surface area (Å²) in [6, 6.07) is 0. The summed E-state index contributed by atoms with van der Waals surface area (Å²) in [5, 5.41) is 0. The van der Waals surface area contributed by atoms with Crippen molar-refractivity contribution >= 4 is 0 Å². The van der Waals surface area contributed by atoms with Crippen LogP contribution in [0, 0.1) is 10.8 Å². The molecule has 0 N–H and O–H groups in total. The molecule has 0 aliphatic heterocycles. The van der Waals surface area contributed by atoms with Crippen molar-refractivity contribution in [2.24, 2.45) is 10.8 Å². The summed E-state index contributed by atoms with van der Waals surface area (Å²) in [4.78, 5) is 0. The molecule has 0 atom stereocenters. The zero-order chi connectivity index (χ0) is 13.4. The first kappa shape index (κ1) is 16.9. The molecule has 0 aromatic carbocycles. The first-order valence-corrected chi connectivity index (χ1v) is 6.47. The standard InChI is InChI=1S/C14H30O3/c1-7-13(2,3)10-17-12-14(4,5)11-16-9-8-15-6/h7-12H2,1-6H3. The Balaban J connectivity index is 3.70. The zero-order valence-electron chi connectivity index (χ0n) is 12.5. The van der Waals surface area contributed by atoms with Crippen molar-refractivity contribution in [3.8, 4) is 0 Å². The van der Waals surface area contributed by atoms with Gasteiger partial charge in [0.2, 0.25) is 0 Å². The molecule has 0 radical (unpaired) electrons. The maximum absolute atomic E-state index is 5.80. The van der Waals surface area contributed by atoms with Crippen LogP contribution in [0.2, 0.25) is 0 Å². The fourth-order valence-corrected chi connectivity index (χ4v) is 1.24. The number of methoxy groups -OCH3 is 1. The van der Waals surface area contributed by atoms with Crippen LogP contribution in [0.5, 0.6) is 0 Å². The van der Waals surface area contributed by atoms with Gasteiger partial charge in [0.25, 0.3) is 0 Å². The Morgan fingerprint density at radius 1 is 0.765 bits per heavy atom. The monoisotopic (exact) mass is 246 g/mol. The minimum Gasteiger partial charge on any atom is -0.382 e. The number of ether oxygens (including phenoxy) is 3. The molecule has 0 saturated heterocycles. The molecule has 104 valence electrons. The van der Waals surface area contributed by atoms with Crippen molar-refractivity contribution in [2.75, 3.05) is 40.1 Å². The molecule has 0 aromatic rings. The Bertz CT molecular complexity index is 188. The topological polar surface area (TPSA) is 27.7 Å². The summed E-state index contributed by atoms with van der Waals surface area (Å²) in [7, 11) is 1.68. The van der Waals surface area contributed by atoms with Crippen LogP contribution in [0.1, 0.15) is 41.0 Å². The first-order chi connectivity index (χ1) is 7.83. The van der Waals surface area contributed by atoms with Gasteiger partial charge >= 0.3 is 0 Å².